The minimum atomic E-state index is -0.0204. The highest BCUT2D eigenvalue weighted by Crippen LogP contribution is 2.26. The third kappa shape index (κ3) is 4.19. The molecule has 0 bridgehead atoms. The van der Waals surface area contributed by atoms with Gasteiger partial charge in [-0.1, -0.05) is 30.3 Å². The molecule has 1 N–H and O–H groups in total. The van der Waals surface area contributed by atoms with E-state index in [0.29, 0.717) is 6.54 Å². The van der Waals surface area contributed by atoms with Crippen LogP contribution in [0.3, 0.4) is 0 Å². The third-order valence-electron chi connectivity index (χ3n) is 5.09. The van der Waals surface area contributed by atoms with Crippen molar-refractivity contribution in [1.82, 2.24) is 10.2 Å². The second-order valence-corrected chi connectivity index (χ2v) is 7.88. The maximum atomic E-state index is 12.8. The Bertz CT molecular complexity index is 899. The first-order valence-electron chi connectivity index (χ1n) is 9.47. The van der Waals surface area contributed by atoms with Crippen molar-refractivity contribution in [3.05, 3.63) is 65.0 Å². The fourth-order valence-electron chi connectivity index (χ4n) is 3.54. The van der Waals surface area contributed by atoms with Crippen LogP contribution in [0.4, 0.5) is 0 Å². The lowest BCUT2D eigenvalue weighted by Crippen LogP contribution is -2.43. The topological polar surface area (TPSA) is 50.8 Å². The Morgan fingerprint density at radius 1 is 1.18 bits per heavy atom. The van der Waals surface area contributed by atoms with E-state index in [1.165, 1.54) is 16.9 Å². The van der Waals surface area contributed by atoms with Crippen LogP contribution in [0.1, 0.15) is 21.3 Å². The number of rotatable bonds is 6. The minimum absolute atomic E-state index is 0.0204. The number of hydrogen-bond acceptors (Lipinski definition) is 5. The van der Waals surface area contributed by atoms with Gasteiger partial charge in [0.2, 0.25) is 0 Å². The molecule has 1 fully saturated rings. The lowest BCUT2D eigenvalue weighted by molar-refractivity contribution is 0.0162. The highest BCUT2D eigenvalue weighted by Gasteiger charge is 2.23. The zero-order valence-electron chi connectivity index (χ0n) is 15.9. The number of ether oxygens (including phenoxy) is 2. The molecule has 0 spiro atoms. The summed E-state index contributed by atoms with van der Waals surface area (Å²) in [6, 6.07) is 18.2. The smallest absolute Gasteiger partial charge is 0.261 e. The molecule has 6 heteroatoms. The van der Waals surface area contributed by atoms with Crippen LogP contribution in [0.15, 0.2) is 54.6 Å². The Kier molecular flexibility index (Phi) is 5.90. The summed E-state index contributed by atoms with van der Waals surface area (Å²) in [5.74, 6) is 0.812. The fraction of sp³-hybridized carbons (Fsp3) is 0.318. The summed E-state index contributed by atoms with van der Waals surface area (Å²) in [5, 5.41) is 4.25. The molecule has 0 saturated carbocycles. The van der Waals surface area contributed by atoms with Gasteiger partial charge in [0.25, 0.3) is 5.91 Å². The van der Waals surface area contributed by atoms with Crippen LogP contribution in [0.5, 0.6) is 5.75 Å². The van der Waals surface area contributed by atoms with E-state index in [4.69, 9.17) is 9.47 Å². The van der Waals surface area contributed by atoms with E-state index < -0.39 is 0 Å². The fourth-order valence-corrected chi connectivity index (χ4v) is 4.52. The van der Waals surface area contributed by atoms with Crippen molar-refractivity contribution in [3.63, 3.8) is 0 Å². The predicted molar refractivity (Wildman–Crippen MR) is 112 cm³/mol. The van der Waals surface area contributed by atoms with Gasteiger partial charge in [0, 0.05) is 24.3 Å². The molecule has 146 valence electrons. The minimum Gasteiger partial charge on any atom is -0.497 e. The van der Waals surface area contributed by atoms with Gasteiger partial charge in [-0.05, 0) is 35.2 Å². The zero-order valence-corrected chi connectivity index (χ0v) is 16.7. The summed E-state index contributed by atoms with van der Waals surface area (Å²) in [5.41, 5.74) is 1.17. The Labute approximate surface area is 168 Å². The number of carbonyl (C=O) groups excluding carboxylic acids is 1. The van der Waals surface area contributed by atoms with Gasteiger partial charge in [-0.25, -0.2) is 0 Å². The largest absolute Gasteiger partial charge is 0.497 e. The molecule has 1 aliphatic rings. The van der Waals surface area contributed by atoms with Gasteiger partial charge in [-0.3, -0.25) is 9.69 Å². The first-order valence-corrected chi connectivity index (χ1v) is 10.3. The van der Waals surface area contributed by atoms with Gasteiger partial charge in [0.15, 0.2) is 0 Å². The summed E-state index contributed by atoms with van der Waals surface area (Å²) in [6.45, 7) is 3.71. The number of methoxy groups -OCH3 is 1. The van der Waals surface area contributed by atoms with Crippen molar-refractivity contribution < 1.29 is 14.3 Å². The van der Waals surface area contributed by atoms with Gasteiger partial charge in [-0.2, -0.15) is 0 Å². The van der Waals surface area contributed by atoms with Gasteiger partial charge < -0.3 is 14.8 Å². The van der Waals surface area contributed by atoms with Gasteiger partial charge in [0.1, 0.15) is 5.75 Å². The van der Waals surface area contributed by atoms with Crippen LogP contribution in [-0.4, -0.2) is 50.8 Å². The second kappa shape index (κ2) is 8.73. The summed E-state index contributed by atoms with van der Waals surface area (Å²) in [7, 11) is 1.67. The van der Waals surface area contributed by atoms with Gasteiger partial charge in [0.05, 0.1) is 31.2 Å². The molecule has 3 aromatic rings. The highest BCUT2D eigenvalue weighted by atomic mass is 32.1. The second-order valence-electron chi connectivity index (χ2n) is 6.80. The summed E-state index contributed by atoms with van der Waals surface area (Å²) in [4.78, 5) is 15.9. The quantitative estimate of drug-likeness (QED) is 0.690. The van der Waals surface area contributed by atoms with Gasteiger partial charge >= 0.3 is 0 Å². The SMILES string of the molecule is COc1ccc(C(CNC(=O)c2cc3ccccc3s2)N2CCOCC2)cc1. The monoisotopic (exact) mass is 396 g/mol. The molecular formula is C22H24N2O3S. The number of morpholine rings is 1. The molecule has 1 aliphatic heterocycles. The number of nitrogens with one attached hydrogen (secondary N) is 1. The number of hydrogen-bond donors (Lipinski definition) is 1. The third-order valence-corrected chi connectivity index (χ3v) is 6.21. The molecule has 1 amide bonds. The summed E-state index contributed by atoms with van der Waals surface area (Å²) in [6.07, 6.45) is 0. The lowest BCUT2D eigenvalue weighted by Gasteiger charge is -2.35. The lowest BCUT2D eigenvalue weighted by atomic mass is 10.0. The van der Waals surface area contributed by atoms with E-state index in [1.54, 1.807) is 7.11 Å². The average Bonchev–Trinajstić information content (AvgIpc) is 3.19. The van der Waals surface area contributed by atoms with Crippen molar-refractivity contribution in [2.75, 3.05) is 40.0 Å². The van der Waals surface area contributed by atoms with Crippen LogP contribution in [-0.2, 0) is 4.74 Å². The molecule has 1 aromatic heterocycles. The molecule has 2 heterocycles. The van der Waals surface area contributed by atoms with Gasteiger partial charge in [-0.15, -0.1) is 11.3 Å². The van der Waals surface area contributed by atoms with Crippen LogP contribution < -0.4 is 10.1 Å². The maximum absolute atomic E-state index is 12.8. The van der Waals surface area contributed by atoms with Crippen LogP contribution in [0.25, 0.3) is 10.1 Å². The van der Waals surface area contributed by atoms with Crippen LogP contribution in [0, 0.1) is 0 Å². The highest BCUT2D eigenvalue weighted by molar-refractivity contribution is 7.20. The number of benzene rings is 2. The van der Waals surface area contributed by atoms with E-state index in [-0.39, 0.29) is 11.9 Å². The average molecular weight is 397 g/mol. The van der Waals surface area contributed by atoms with Crippen molar-refractivity contribution in [3.8, 4) is 5.75 Å². The number of carbonyl (C=O) groups is 1. The molecule has 1 saturated heterocycles. The number of amides is 1. The molecule has 2 aromatic carbocycles. The van der Waals surface area contributed by atoms with E-state index in [1.807, 2.05) is 42.5 Å². The molecule has 0 aliphatic carbocycles. The zero-order chi connectivity index (χ0) is 19.3. The van der Waals surface area contributed by atoms with Crippen molar-refractivity contribution in [2.45, 2.75) is 6.04 Å². The molecule has 5 nitrogen and oxygen atoms in total. The summed E-state index contributed by atoms with van der Waals surface area (Å²) < 4.78 is 11.9. The Morgan fingerprint density at radius 2 is 1.93 bits per heavy atom. The molecule has 0 radical (unpaired) electrons. The Balaban J connectivity index is 1.50. The van der Waals surface area contributed by atoms with Crippen molar-refractivity contribution >= 4 is 27.3 Å². The van der Waals surface area contributed by atoms with E-state index >= 15 is 0 Å². The van der Waals surface area contributed by atoms with Crippen LogP contribution in [0.2, 0.25) is 0 Å². The first kappa shape index (κ1) is 18.9. The molecular weight excluding hydrogens is 372 g/mol. The molecule has 1 unspecified atom stereocenters. The van der Waals surface area contributed by atoms with Crippen LogP contribution >= 0.6 is 11.3 Å². The van der Waals surface area contributed by atoms with E-state index in [9.17, 15) is 4.79 Å². The van der Waals surface area contributed by atoms with E-state index in [2.05, 4.69) is 22.3 Å². The maximum Gasteiger partial charge on any atom is 0.261 e. The summed E-state index contributed by atoms with van der Waals surface area (Å²) >= 11 is 1.53. The van der Waals surface area contributed by atoms with Crippen molar-refractivity contribution in [2.24, 2.45) is 0 Å². The van der Waals surface area contributed by atoms with E-state index in [0.717, 1.165) is 47.0 Å². The number of nitrogens with zero attached hydrogens (tertiary/aromatic N) is 1. The number of thiophene rings is 1. The predicted octanol–water partition coefficient (Wildman–Crippen LogP) is 3.71. The van der Waals surface area contributed by atoms with Crippen molar-refractivity contribution in [1.29, 1.82) is 0 Å². The Morgan fingerprint density at radius 3 is 2.64 bits per heavy atom. The Hall–Kier alpha value is -2.41. The number of fused-ring (bicyclic) bond motifs is 1. The molecule has 1 atom stereocenters. The first-order chi connectivity index (χ1) is 13.7. The normalized spacial score (nSPS) is 16.0. The molecule has 4 rings (SSSR count). The molecule has 28 heavy (non-hydrogen) atoms. The standard InChI is InChI=1S/C22H24N2O3S/c1-26-18-8-6-16(7-9-18)19(24-10-12-27-13-11-24)15-23-22(25)21-14-17-4-2-3-5-20(17)28-21/h2-9,14,19H,10-13,15H2,1H3,(H,23,25).